The van der Waals surface area contributed by atoms with Crippen LogP contribution in [0.15, 0.2) is 52.2 Å². The zero-order valence-electron chi connectivity index (χ0n) is 9.75. The highest BCUT2D eigenvalue weighted by molar-refractivity contribution is 9.11. The molecule has 0 spiro atoms. The van der Waals surface area contributed by atoms with Crippen LogP contribution in [0.1, 0.15) is 17.5 Å². The molecule has 3 rings (SSSR count). The lowest BCUT2D eigenvalue weighted by Gasteiger charge is -2.16. The molecule has 1 aromatic rings. The van der Waals surface area contributed by atoms with Gasteiger partial charge >= 0.3 is 0 Å². The van der Waals surface area contributed by atoms with Crippen molar-refractivity contribution in [3.8, 4) is 0 Å². The molecule has 0 radical (unpaired) electrons. The molecule has 0 aromatic heterocycles. The molecule has 0 fully saturated rings. The minimum Gasteiger partial charge on any atom is -0.489 e. The minimum absolute atomic E-state index is 0.549. The summed E-state index contributed by atoms with van der Waals surface area (Å²) in [5, 5.41) is 0.792. The Kier molecular flexibility index (Phi) is 3.31. The molecule has 1 aliphatic heterocycles. The Morgan fingerprint density at radius 3 is 3.06 bits per heavy atom. The first-order chi connectivity index (χ1) is 8.79. The molecule has 92 valence electrons. The van der Waals surface area contributed by atoms with Crippen LogP contribution in [0.25, 0.3) is 0 Å². The summed E-state index contributed by atoms with van der Waals surface area (Å²) in [5.74, 6) is 0.971. The smallest absolute Gasteiger partial charge is 0.123 e. The first-order valence-corrected chi connectivity index (χ1v) is 7.17. The van der Waals surface area contributed by atoms with Crippen LogP contribution in [0, 0.1) is 0 Å². The first kappa shape index (κ1) is 12.1. The average Bonchev–Trinajstić information content (AvgIpc) is 2.58. The Hall–Kier alpha value is -0.990. The van der Waals surface area contributed by atoms with Gasteiger partial charge in [0, 0.05) is 22.6 Å². The van der Waals surface area contributed by atoms with Crippen molar-refractivity contribution in [1.29, 1.82) is 0 Å². The number of halogens is 2. The van der Waals surface area contributed by atoms with Crippen molar-refractivity contribution in [3.05, 3.63) is 68.4 Å². The van der Waals surface area contributed by atoms with Crippen LogP contribution in [0.4, 0.5) is 0 Å². The summed E-state index contributed by atoms with van der Waals surface area (Å²) in [5.41, 5.74) is 4.90. The second-order valence-electron chi connectivity index (χ2n) is 4.43. The summed E-state index contributed by atoms with van der Waals surface area (Å²) in [7, 11) is 0. The number of fused-ring (bicyclic) bond motifs is 1. The van der Waals surface area contributed by atoms with Crippen molar-refractivity contribution in [1.82, 2.24) is 0 Å². The van der Waals surface area contributed by atoms with E-state index in [0.717, 1.165) is 29.2 Å². The maximum Gasteiger partial charge on any atom is 0.123 e. The highest BCUT2D eigenvalue weighted by Crippen LogP contribution is 2.35. The van der Waals surface area contributed by atoms with E-state index < -0.39 is 0 Å². The van der Waals surface area contributed by atoms with Gasteiger partial charge in [0.2, 0.25) is 0 Å². The van der Waals surface area contributed by atoms with Gasteiger partial charge in [0.25, 0.3) is 0 Å². The van der Waals surface area contributed by atoms with Crippen molar-refractivity contribution in [3.63, 3.8) is 0 Å². The Labute approximate surface area is 120 Å². The summed E-state index contributed by atoms with van der Waals surface area (Å²) >= 11 is 9.68. The fourth-order valence-corrected chi connectivity index (χ4v) is 3.10. The third kappa shape index (κ3) is 2.04. The van der Waals surface area contributed by atoms with Crippen molar-refractivity contribution in [2.75, 3.05) is 0 Å². The van der Waals surface area contributed by atoms with Gasteiger partial charge in [-0.3, -0.25) is 0 Å². The molecule has 0 atom stereocenters. The van der Waals surface area contributed by atoms with Gasteiger partial charge in [-0.1, -0.05) is 45.7 Å². The van der Waals surface area contributed by atoms with Crippen LogP contribution in [-0.2, 0) is 17.8 Å². The van der Waals surface area contributed by atoms with Gasteiger partial charge in [0.1, 0.15) is 12.4 Å². The topological polar surface area (TPSA) is 9.23 Å². The van der Waals surface area contributed by atoms with Gasteiger partial charge < -0.3 is 4.74 Å². The molecule has 0 N–H and O–H groups in total. The fourth-order valence-electron chi connectivity index (χ4n) is 2.39. The molecule has 1 aliphatic carbocycles. The van der Waals surface area contributed by atoms with Crippen LogP contribution in [0.5, 0.6) is 0 Å². The van der Waals surface area contributed by atoms with Gasteiger partial charge in [0.15, 0.2) is 0 Å². The SMILES string of the molecule is Clc1cccc2c1COC1=C(C2)C(=CBr)CC=C1. The second-order valence-corrected chi connectivity index (χ2v) is 5.29. The third-order valence-electron chi connectivity index (χ3n) is 3.38. The summed E-state index contributed by atoms with van der Waals surface area (Å²) < 4.78 is 5.89. The molecule has 1 nitrogen and oxygen atoms in total. The predicted molar refractivity (Wildman–Crippen MR) is 77.7 cm³/mol. The van der Waals surface area contributed by atoms with Gasteiger partial charge in [-0.05, 0) is 34.7 Å². The molecular formula is C15H12BrClO. The Morgan fingerprint density at radius 2 is 2.22 bits per heavy atom. The van der Waals surface area contributed by atoms with E-state index in [9.17, 15) is 0 Å². The number of benzene rings is 1. The number of allylic oxidation sites excluding steroid dienone is 4. The van der Waals surface area contributed by atoms with E-state index in [1.165, 1.54) is 16.7 Å². The molecule has 0 amide bonds. The van der Waals surface area contributed by atoms with Gasteiger partial charge in [-0.2, -0.15) is 0 Å². The normalized spacial score (nSPS) is 20.2. The molecular weight excluding hydrogens is 312 g/mol. The zero-order valence-corrected chi connectivity index (χ0v) is 12.1. The van der Waals surface area contributed by atoms with Crippen molar-refractivity contribution >= 4 is 27.5 Å². The van der Waals surface area contributed by atoms with E-state index in [1.54, 1.807) is 0 Å². The Bertz CT molecular complexity index is 584. The van der Waals surface area contributed by atoms with Crippen LogP contribution in [-0.4, -0.2) is 0 Å². The molecule has 0 saturated carbocycles. The van der Waals surface area contributed by atoms with Crippen LogP contribution < -0.4 is 0 Å². The number of ether oxygens (including phenoxy) is 1. The molecule has 0 bridgehead atoms. The number of rotatable bonds is 0. The zero-order chi connectivity index (χ0) is 12.5. The summed E-state index contributed by atoms with van der Waals surface area (Å²) in [4.78, 5) is 1.99. The van der Waals surface area contributed by atoms with E-state index in [4.69, 9.17) is 16.3 Å². The maximum absolute atomic E-state index is 6.24. The van der Waals surface area contributed by atoms with Gasteiger partial charge in [0.05, 0.1) is 0 Å². The molecule has 0 saturated heterocycles. The minimum atomic E-state index is 0.549. The highest BCUT2D eigenvalue weighted by Gasteiger charge is 2.21. The maximum atomic E-state index is 6.24. The lowest BCUT2D eigenvalue weighted by atomic mass is 9.92. The van der Waals surface area contributed by atoms with Gasteiger partial charge in [-0.25, -0.2) is 0 Å². The van der Waals surface area contributed by atoms with Crippen molar-refractivity contribution in [2.45, 2.75) is 19.4 Å². The second kappa shape index (κ2) is 4.94. The number of hydrogen-bond donors (Lipinski definition) is 0. The summed E-state index contributed by atoms with van der Waals surface area (Å²) in [6, 6.07) is 6.05. The Balaban J connectivity index is 2.08. The third-order valence-corrected chi connectivity index (χ3v) is 4.29. The first-order valence-electron chi connectivity index (χ1n) is 5.88. The van der Waals surface area contributed by atoms with Crippen LogP contribution in [0.2, 0.25) is 5.02 Å². The van der Waals surface area contributed by atoms with E-state index in [1.807, 2.05) is 17.1 Å². The Morgan fingerprint density at radius 1 is 1.33 bits per heavy atom. The molecule has 3 heteroatoms. The molecule has 1 heterocycles. The predicted octanol–water partition coefficient (Wildman–Crippen LogP) is 4.91. The van der Waals surface area contributed by atoms with Crippen molar-refractivity contribution < 1.29 is 4.74 Å². The fraction of sp³-hybridized carbons (Fsp3) is 0.200. The van der Waals surface area contributed by atoms with Gasteiger partial charge in [-0.15, -0.1) is 0 Å². The quantitative estimate of drug-likeness (QED) is 0.659. The van der Waals surface area contributed by atoms with Crippen LogP contribution in [0.3, 0.4) is 0 Å². The van der Waals surface area contributed by atoms with Crippen LogP contribution >= 0.6 is 27.5 Å². The molecule has 2 aliphatic rings. The largest absolute Gasteiger partial charge is 0.489 e. The summed E-state index contributed by atoms with van der Waals surface area (Å²) in [6.45, 7) is 0.549. The average molecular weight is 324 g/mol. The standard InChI is InChI=1S/C15H12BrClO/c16-8-11-4-2-6-15-12(11)7-10-3-1-5-14(17)13(10)9-18-15/h1-3,5-6,8H,4,7,9H2. The lowest BCUT2D eigenvalue weighted by molar-refractivity contribution is 0.210. The van der Waals surface area contributed by atoms with E-state index in [2.05, 4.69) is 34.1 Å². The molecule has 1 aromatic carbocycles. The monoisotopic (exact) mass is 322 g/mol. The molecule has 0 unspecified atom stereocenters. The molecule has 18 heavy (non-hydrogen) atoms. The highest BCUT2D eigenvalue weighted by atomic mass is 79.9. The number of hydrogen-bond acceptors (Lipinski definition) is 1. The van der Waals surface area contributed by atoms with E-state index in [0.29, 0.717) is 6.61 Å². The van der Waals surface area contributed by atoms with Crippen molar-refractivity contribution in [2.24, 2.45) is 0 Å². The van der Waals surface area contributed by atoms with E-state index >= 15 is 0 Å². The lowest BCUT2D eigenvalue weighted by Crippen LogP contribution is -2.01. The summed E-state index contributed by atoms with van der Waals surface area (Å²) in [6.07, 6.45) is 6.02. The van der Waals surface area contributed by atoms with E-state index in [-0.39, 0.29) is 0 Å².